The first-order valence-corrected chi connectivity index (χ1v) is 6.75. The molecule has 0 saturated heterocycles. The second-order valence-electron chi connectivity index (χ2n) is 4.83. The Bertz CT molecular complexity index is 570. The molecule has 0 heterocycles. The average molecular weight is 293 g/mol. The number of nitro groups is 1. The van der Waals surface area contributed by atoms with E-state index in [1.54, 1.807) is 13.0 Å². The van der Waals surface area contributed by atoms with Crippen LogP contribution >= 0.6 is 12.2 Å². The summed E-state index contributed by atoms with van der Waals surface area (Å²) in [5.41, 5.74) is 1.37. The lowest BCUT2D eigenvalue weighted by molar-refractivity contribution is -0.384. The Labute approximate surface area is 121 Å². The number of nitro benzene ring substituents is 1. The second-order valence-corrected chi connectivity index (χ2v) is 5.24. The van der Waals surface area contributed by atoms with Crippen LogP contribution in [0.2, 0.25) is 0 Å². The zero-order valence-corrected chi connectivity index (χ0v) is 11.8. The van der Waals surface area contributed by atoms with Crippen LogP contribution in [0.5, 0.6) is 0 Å². The highest BCUT2D eigenvalue weighted by Crippen LogP contribution is 2.26. The van der Waals surface area contributed by atoms with E-state index in [-0.39, 0.29) is 22.6 Å². The quantitative estimate of drug-likeness (QED) is 0.508. The van der Waals surface area contributed by atoms with E-state index >= 15 is 0 Å². The summed E-state index contributed by atoms with van der Waals surface area (Å²) in [5.74, 6) is 0.000947. The number of carbonyl (C=O) groups excluding carboxylic acids is 1. The van der Waals surface area contributed by atoms with Crippen molar-refractivity contribution in [2.24, 2.45) is 5.92 Å². The van der Waals surface area contributed by atoms with E-state index in [1.807, 2.05) is 0 Å². The van der Waals surface area contributed by atoms with Gasteiger partial charge in [-0.3, -0.25) is 14.9 Å². The third-order valence-corrected chi connectivity index (χ3v) is 3.59. The zero-order valence-electron chi connectivity index (χ0n) is 11.0. The third-order valence-electron chi connectivity index (χ3n) is 3.38. The molecule has 1 fully saturated rings. The van der Waals surface area contributed by atoms with Gasteiger partial charge in [-0.15, -0.1) is 0 Å². The molecular formula is C13H15N3O3S. The van der Waals surface area contributed by atoms with Gasteiger partial charge in [-0.05, 0) is 43.6 Å². The smallest absolute Gasteiger partial charge is 0.269 e. The molecule has 1 aliphatic rings. The molecule has 1 amide bonds. The van der Waals surface area contributed by atoms with Crippen LogP contribution in [0.4, 0.5) is 11.4 Å². The Morgan fingerprint density at radius 1 is 1.45 bits per heavy atom. The van der Waals surface area contributed by atoms with Crippen molar-refractivity contribution in [1.29, 1.82) is 0 Å². The summed E-state index contributed by atoms with van der Waals surface area (Å²) >= 11 is 5.07. The van der Waals surface area contributed by atoms with E-state index in [4.69, 9.17) is 12.2 Å². The van der Waals surface area contributed by atoms with Gasteiger partial charge in [-0.25, -0.2) is 0 Å². The molecule has 2 N–H and O–H groups in total. The van der Waals surface area contributed by atoms with Crippen molar-refractivity contribution in [1.82, 2.24) is 5.32 Å². The number of rotatable bonds is 3. The predicted molar refractivity (Wildman–Crippen MR) is 79.5 cm³/mol. The molecule has 0 aromatic heterocycles. The van der Waals surface area contributed by atoms with Crippen molar-refractivity contribution in [3.05, 3.63) is 33.9 Å². The summed E-state index contributed by atoms with van der Waals surface area (Å²) in [6.07, 6.45) is 2.90. The number of hydrogen-bond acceptors (Lipinski definition) is 4. The largest absolute Gasteiger partial charge is 0.332 e. The zero-order chi connectivity index (χ0) is 14.7. The molecule has 2 rings (SSSR count). The number of nitrogens with zero attached hydrogens (tertiary/aromatic N) is 1. The molecule has 0 radical (unpaired) electrons. The maximum atomic E-state index is 11.7. The molecule has 0 bridgehead atoms. The van der Waals surface area contributed by atoms with Gasteiger partial charge in [0.05, 0.1) is 4.92 Å². The molecular weight excluding hydrogens is 278 g/mol. The van der Waals surface area contributed by atoms with Crippen molar-refractivity contribution in [2.75, 3.05) is 5.32 Å². The minimum absolute atomic E-state index is 0.0254. The first-order chi connectivity index (χ1) is 9.47. The van der Waals surface area contributed by atoms with Crippen molar-refractivity contribution in [3.63, 3.8) is 0 Å². The Morgan fingerprint density at radius 2 is 2.15 bits per heavy atom. The van der Waals surface area contributed by atoms with Crippen LogP contribution in [0.15, 0.2) is 18.2 Å². The van der Waals surface area contributed by atoms with Gasteiger partial charge >= 0.3 is 0 Å². The van der Waals surface area contributed by atoms with Crippen LogP contribution in [0, 0.1) is 23.0 Å². The van der Waals surface area contributed by atoms with Gasteiger partial charge < -0.3 is 10.6 Å². The number of carbonyl (C=O) groups is 1. The molecule has 1 aromatic carbocycles. The van der Waals surface area contributed by atoms with Crippen molar-refractivity contribution in [2.45, 2.75) is 26.2 Å². The summed E-state index contributed by atoms with van der Waals surface area (Å²) in [5, 5.41) is 16.4. The lowest BCUT2D eigenvalue weighted by atomic mass is 9.85. The highest BCUT2D eigenvalue weighted by atomic mass is 32.1. The third kappa shape index (κ3) is 3.30. The fourth-order valence-corrected chi connectivity index (χ4v) is 2.15. The average Bonchev–Trinajstić information content (AvgIpc) is 2.28. The molecule has 0 aliphatic heterocycles. The highest BCUT2D eigenvalue weighted by molar-refractivity contribution is 7.80. The molecule has 106 valence electrons. The van der Waals surface area contributed by atoms with E-state index in [2.05, 4.69) is 10.6 Å². The van der Waals surface area contributed by atoms with Gasteiger partial charge in [0, 0.05) is 23.7 Å². The SMILES string of the molecule is Cc1cc([N+](=O)[O-])ccc1NC(=S)NC(=O)C1CCC1. The molecule has 1 aliphatic carbocycles. The van der Waals surface area contributed by atoms with Crippen molar-refractivity contribution < 1.29 is 9.72 Å². The Hall–Kier alpha value is -2.02. The number of amides is 1. The van der Waals surface area contributed by atoms with E-state index in [1.165, 1.54) is 12.1 Å². The van der Waals surface area contributed by atoms with Gasteiger partial charge in [-0.2, -0.15) is 0 Å². The molecule has 1 aromatic rings. The Balaban J connectivity index is 1.97. The highest BCUT2D eigenvalue weighted by Gasteiger charge is 2.25. The monoisotopic (exact) mass is 293 g/mol. The van der Waals surface area contributed by atoms with Gasteiger partial charge in [0.25, 0.3) is 5.69 Å². The van der Waals surface area contributed by atoms with E-state index < -0.39 is 4.92 Å². The maximum Gasteiger partial charge on any atom is 0.269 e. The van der Waals surface area contributed by atoms with Gasteiger partial charge in [-0.1, -0.05) is 6.42 Å². The van der Waals surface area contributed by atoms with E-state index in [9.17, 15) is 14.9 Å². The van der Waals surface area contributed by atoms with Crippen LogP contribution in [0.3, 0.4) is 0 Å². The molecule has 20 heavy (non-hydrogen) atoms. The minimum atomic E-state index is -0.451. The summed E-state index contributed by atoms with van der Waals surface area (Å²) in [6.45, 7) is 1.74. The van der Waals surface area contributed by atoms with Crippen LogP contribution in [0.25, 0.3) is 0 Å². The van der Waals surface area contributed by atoms with Crippen LogP contribution in [-0.2, 0) is 4.79 Å². The standard InChI is InChI=1S/C13H15N3O3S/c1-8-7-10(16(18)19)5-6-11(8)14-13(20)15-12(17)9-3-2-4-9/h5-7,9H,2-4H2,1H3,(H2,14,15,17,20). The fourth-order valence-electron chi connectivity index (χ4n) is 1.94. The summed E-state index contributed by atoms with van der Waals surface area (Å²) in [7, 11) is 0. The number of nitrogens with one attached hydrogen (secondary N) is 2. The van der Waals surface area contributed by atoms with Crippen molar-refractivity contribution >= 4 is 34.6 Å². The van der Waals surface area contributed by atoms with Crippen LogP contribution < -0.4 is 10.6 Å². The second kappa shape index (κ2) is 5.96. The maximum absolute atomic E-state index is 11.7. The summed E-state index contributed by atoms with van der Waals surface area (Å²) in [4.78, 5) is 21.9. The lowest BCUT2D eigenvalue weighted by Crippen LogP contribution is -2.40. The molecule has 0 unspecified atom stereocenters. The summed E-state index contributed by atoms with van der Waals surface area (Å²) < 4.78 is 0. The number of aryl methyl sites for hydroxylation is 1. The first-order valence-electron chi connectivity index (χ1n) is 6.34. The Morgan fingerprint density at radius 3 is 2.65 bits per heavy atom. The molecule has 1 saturated carbocycles. The minimum Gasteiger partial charge on any atom is -0.332 e. The van der Waals surface area contributed by atoms with E-state index in [0.29, 0.717) is 11.3 Å². The van der Waals surface area contributed by atoms with Gasteiger partial charge in [0.1, 0.15) is 0 Å². The lowest BCUT2D eigenvalue weighted by Gasteiger charge is -2.24. The first kappa shape index (κ1) is 14.4. The van der Waals surface area contributed by atoms with Gasteiger partial charge in [0.15, 0.2) is 5.11 Å². The molecule has 6 nitrogen and oxygen atoms in total. The van der Waals surface area contributed by atoms with Crippen LogP contribution in [-0.4, -0.2) is 15.9 Å². The molecule has 0 spiro atoms. The normalized spacial score (nSPS) is 14.2. The number of non-ortho nitro benzene ring substituents is 1. The number of anilines is 1. The predicted octanol–water partition coefficient (Wildman–Crippen LogP) is 2.52. The van der Waals surface area contributed by atoms with Crippen LogP contribution in [0.1, 0.15) is 24.8 Å². The molecule has 0 atom stereocenters. The number of hydrogen-bond donors (Lipinski definition) is 2. The molecule has 7 heteroatoms. The van der Waals surface area contributed by atoms with Gasteiger partial charge in [0.2, 0.25) is 5.91 Å². The van der Waals surface area contributed by atoms with E-state index in [0.717, 1.165) is 19.3 Å². The number of thiocarbonyl (C=S) groups is 1. The fraction of sp³-hybridized carbons (Fsp3) is 0.385. The summed E-state index contributed by atoms with van der Waals surface area (Å²) in [6, 6.07) is 4.43. The topological polar surface area (TPSA) is 84.3 Å². The number of benzene rings is 1. The van der Waals surface area contributed by atoms with Crippen molar-refractivity contribution in [3.8, 4) is 0 Å². The Kier molecular flexibility index (Phi) is 4.29.